The molecule has 3 aromatic rings. The van der Waals surface area contributed by atoms with Gasteiger partial charge < -0.3 is 19.7 Å². The number of hydrogen-bond acceptors (Lipinski definition) is 6. The van der Waals surface area contributed by atoms with Crippen molar-refractivity contribution in [2.45, 2.75) is 26.3 Å². The zero-order valence-corrected chi connectivity index (χ0v) is 18.9. The molecule has 1 aliphatic rings. The molecule has 33 heavy (non-hydrogen) atoms. The smallest absolute Gasteiger partial charge is 0.229 e. The zero-order chi connectivity index (χ0) is 23.4. The van der Waals surface area contributed by atoms with Crippen molar-refractivity contribution in [2.24, 2.45) is 5.92 Å². The number of hydrogen-bond donors (Lipinski definition) is 1. The van der Waals surface area contributed by atoms with Crippen LogP contribution >= 0.6 is 0 Å². The number of benzene rings is 2. The highest BCUT2D eigenvalue weighted by atomic mass is 16.5. The summed E-state index contributed by atoms with van der Waals surface area (Å²) in [6, 6.07) is 12.7. The van der Waals surface area contributed by atoms with Crippen LogP contribution in [0.2, 0.25) is 0 Å². The Balaban J connectivity index is 1.42. The molecule has 1 unspecified atom stereocenters. The Morgan fingerprint density at radius 2 is 1.94 bits per heavy atom. The molecule has 0 radical (unpaired) electrons. The predicted octanol–water partition coefficient (Wildman–Crippen LogP) is 3.36. The fourth-order valence-corrected chi connectivity index (χ4v) is 3.86. The van der Waals surface area contributed by atoms with Crippen molar-refractivity contribution in [2.75, 3.05) is 31.0 Å². The minimum Gasteiger partial charge on any atom is -0.497 e. The number of rotatable bonds is 8. The van der Waals surface area contributed by atoms with Crippen LogP contribution in [0.3, 0.4) is 0 Å². The minimum atomic E-state index is -0.470. The molecule has 1 aliphatic heterocycles. The Bertz CT molecular complexity index is 1140. The Morgan fingerprint density at radius 1 is 1.15 bits per heavy atom. The maximum absolute atomic E-state index is 12.9. The molecule has 4 rings (SSSR count). The summed E-state index contributed by atoms with van der Waals surface area (Å²) >= 11 is 0. The van der Waals surface area contributed by atoms with Crippen LogP contribution in [0.5, 0.6) is 11.5 Å². The molecular formula is C24H27N5O4. The number of methoxy groups -OCH3 is 2. The van der Waals surface area contributed by atoms with E-state index < -0.39 is 5.92 Å². The van der Waals surface area contributed by atoms with Crippen LogP contribution in [0.1, 0.15) is 19.8 Å². The van der Waals surface area contributed by atoms with Crippen LogP contribution in [0.25, 0.3) is 11.3 Å². The Kier molecular flexibility index (Phi) is 6.58. The summed E-state index contributed by atoms with van der Waals surface area (Å²) in [6.07, 6.45) is 3.02. The number of carbonyl (C=O) groups excluding carboxylic acids is 2. The van der Waals surface area contributed by atoms with E-state index in [1.807, 2.05) is 35.1 Å². The summed E-state index contributed by atoms with van der Waals surface area (Å²) in [5, 5.41) is 11.2. The van der Waals surface area contributed by atoms with E-state index in [2.05, 4.69) is 22.6 Å². The molecule has 2 amide bonds. The molecule has 0 spiro atoms. The highest BCUT2D eigenvalue weighted by Crippen LogP contribution is 2.36. The highest BCUT2D eigenvalue weighted by Gasteiger charge is 2.36. The maximum atomic E-state index is 12.9. The van der Waals surface area contributed by atoms with E-state index in [9.17, 15) is 9.59 Å². The summed E-state index contributed by atoms with van der Waals surface area (Å²) in [5.74, 6) is 0.363. The average molecular weight is 450 g/mol. The van der Waals surface area contributed by atoms with Gasteiger partial charge in [0.1, 0.15) is 17.2 Å². The first-order valence-corrected chi connectivity index (χ1v) is 10.9. The number of nitrogens with zero attached hydrogens (tertiary/aromatic N) is 4. The fourth-order valence-electron chi connectivity index (χ4n) is 3.86. The average Bonchev–Trinajstić information content (AvgIpc) is 3.46. The second-order valence-electron chi connectivity index (χ2n) is 7.88. The number of anilines is 2. The SMILES string of the molecule is CCCn1cc(-c2ccc(NC(=O)C3CC(=O)N(c4cc(OC)ccc4OC)C3)cc2)nn1. The van der Waals surface area contributed by atoms with Gasteiger partial charge in [0.25, 0.3) is 0 Å². The van der Waals surface area contributed by atoms with Crippen LogP contribution < -0.4 is 19.7 Å². The number of carbonyl (C=O) groups is 2. The third-order valence-corrected chi connectivity index (χ3v) is 5.61. The van der Waals surface area contributed by atoms with Crippen molar-refractivity contribution in [3.63, 3.8) is 0 Å². The second kappa shape index (κ2) is 9.72. The van der Waals surface area contributed by atoms with Crippen LogP contribution in [-0.2, 0) is 16.1 Å². The number of ether oxygens (including phenoxy) is 2. The largest absolute Gasteiger partial charge is 0.497 e. The lowest BCUT2D eigenvalue weighted by atomic mass is 10.1. The van der Waals surface area contributed by atoms with Gasteiger partial charge >= 0.3 is 0 Å². The van der Waals surface area contributed by atoms with Crippen molar-refractivity contribution >= 4 is 23.2 Å². The second-order valence-corrected chi connectivity index (χ2v) is 7.88. The Morgan fingerprint density at radius 3 is 2.64 bits per heavy atom. The van der Waals surface area contributed by atoms with E-state index in [1.165, 1.54) is 0 Å². The van der Waals surface area contributed by atoms with Crippen LogP contribution in [0.15, 0.2) is 48.7 Å². The number of aryl methyl sites for hydroxylation is 1. The summed E-state index contributed by atoms with van der Waals surface area (Å²) < 4.78 is 12.5. The first-order valence-electron chi connectivity index (χ1n) is 10.9. The summed E-state index contributed by atoms with van der Waals surface area (Å²) in [7, 11) is 3.11. The maximum Gasteiger partial charge on any atom is 0.229 e. The van der Waals surface area contributed by atoms with E-state index >= 15 is 0 Å². The van der Waals surface area contributed by atoms with Gasteiger partial charge in [-0.1, -0.05) is 24.3 Å². The van der Waals surface area contributed by atoms with Crippen molar-refractivity contribution in [1.29, 1.82) is 0 Å². The minimum absolute atomic E-state index is 0.130. The van der Waals surface area contributed by atoms with E-state index in [0.29, 0.717) is 22.9 Å². The van der Waals surface area contributed by atoms with E-state index in [4.69, 9.17) is 9.47 Å². The molecule has 172 valence electrons. The lowest BCUT2D eigenvalue weighted by molar-refractivity contribution is -0.122. The lowest BCUT2D eigenvalue weighted by Gasteiger charge is -2.20. The normalized spacial score (nSPS) is 15.5. The van der Waals surface area contributed by atoms with E-state index in [1.54, 1.807) is 37.3 Å². The number of nitrogens with one attached hydrogen (secondary N) is 1. The van der Waals surface area contributed by atoms with Gasteiger partial charge in [0.2, 0.25) is 11.8 Å². The molecule has 0 saturated carbocycles. The lowest BCUT2D eigenvalue weighted by Crippen LogP contribution is -2.28. The molecule has 1 aromatic heterocycles. The first kappa shape index (κ1) is 22.3. The third kappa shape index (κ3) is 4.82. The van der Waals surface area contributed by atoms with Gasteiger partial charge in [0.15, 0.2) is 0 Å². The van der Waals surface area contributed by atoms with Crippen molar-refractivity contribution < 1.29 is 19.1 Å². The third-order valence-electron chi connectivity index (χ3n) is 5.61. The fraction of sp³-hybridized carbons (Fsp3) is 0.333. The van der Waals surface area contributed by atoms with Crippen LogP contribution in [0, 0.1) is 5.92 Å². The molecule has 1 saturated heterocycles. The van der Waals surface area contributed by atoms with Crippen molar-refractivity contribution in [3.8, 4) is 22.8 Å². The van der Waals surface area contributed by atoms with E-state index in [0.717, 1.165) is 24.2 Å². The molecule has 0 aliphatic carbocycles. The van der Waals surface area contributed by atoms with Crippen molar-refractivity contribution in [1.82, 2.24) is 15.0 Å². The molecule has 2 heterocycles. The van der Waals surface area contributed by atoms with Gasteiger partial charge in [-0.25, -0.2) is 0 Å². The van der Waals surface area contributed by atoms with Crippen molar-refractivity contribution in [3.05, 3.63) is 48.7 Å². The standard InChI is InChI=1S/C24H27N5O4/c1-4-11-28-15-20(26-27-28)16-5-7-18(8-6-16)25-24(31)17-12-23(30)29(14-17)21-13-19(32-2)9-10-22(21)33-3/h5-10,13,15,17H,4,11-12,14H2,1-3H3,(H,25,31). The highest BCUT2D eigenvalue weighted by molar-refractivity contribution is 6.04. The van der Waals surface area contributed by atoms with Gasteiger partial charge in [0.05, 0.1) is 32.0 Å². The zero-order valence-electron chi connectivity index (χ0n) is 18.9. The molecule has 1 fully saturated rings. The Labute approximate surface area is 192 Å². The monoisotopic (exact) mass is 449 g/mol. The topological polar surface area (TPSA) is 98.6 Å². The molecule has 2 aromatic carbocycles. The van der Waals surface area contributed by atoms with Gasteiger partial charge in [-0.3, -0.25) is 14.3 Å². The molecule has 0 bridgehead atoms. The molecule has 9 heteroatoms. The Hall–Kier alpha value is -3.88. The molecule has 9 nitrogen and oxygen atoms in total. The molecule has 1 N–H and O–H groups in total. The summed E-state index contributed by atoms with van der Waals surface area (Å²) in [4.78, 5) is 27.1. The predicted molar refractivity (Wildman–Crippen MR) is 124 cm³/mol. The van der Waals surface area contributed by atoms with Gasteiger partial charge in [-0.15, -0.1) is 5.10 Å². The van der Waals surface area contributed by atoms with Crippen LogP contribution in [0.4, 0.5) is 11.4 Å². The van der Waals surface area contributed by atoms with Gasteiger partial charge in [0, 0.05) is 36.8 Å². The number of amides is 2. The summed E-state index contributed by atoms with van der Waals surface area (Å²) in [6.45, 7) is 3.18. The summed E-state index contributed by atoms with van der Waals surface area (Å²) in [5.41, 5.74) is 2.96. The van der Waals surface area contributed by atoms with Gasteiger partial charge in [-0.2, -0.15) is 0 Å². The van der Waals surface area contributed by atoms with Gasteiger partial charge in [-0.05, 0) is 30.7 Å². The number of aromatic nitrogens is 3. The molecule has 1 atom stereocenters. The first-order chi connectivity index (χ1) is 16.0. The molecular weight excluding hydrogens is 422 g/mol. The quantitative estimate of drug-likeness (QED) is 0.566. The van der Waals surface area contributed by atoms with Crippen LogP contribution in [-0.4, -0.2) is 47.6 Å². The van der Waals surface area contributed by atoms with E-state index in [-0.39, 0.29) is 24.8 Å².